The van der Waals surface area contributed by atoms with Crippen molar-refractivity contribution in [2.45, 2.75) is 70.8 Å². The molecule has 0 amide bonds. The number of carbonyl (C=O) groups is 2. The van der Waals surface area contributed by atoms with Crippen LogP contribution >= 0.6 is 11.6 Å². The van der Waals surface area contributed by atoms with Gasteiger partial charge in [0.15, 0.2) is 11.6 Å². The summed E-state index contributed by atoms with van der Waals surface area (Å²) in [4.78, 5) is 35.5. The minimum Gasteiger partial charge on any atom is -0.506 e. The number of hydrogen-bond acceptors (Lipinski definition) is 7. The summed E-state index contributed by atoms with van der Waals surface area (Å²) in [5, 5.41) is 14.5. The average molecular weight is 497 g/mol. The number of nitrogens with zero attached hydrogens (tertiary/aromatic N) is 4. The Balaban J connectivity index is 1.36. The van der Waals surface area contributed by atoms with Crippen LogP contribution in [0, 0.1) is 25.7 Å². The zero-order valence-electron chi connectivity index (χ0n) is 20.0. The van der Waals surface area contributed by atoms with Crippen molar-refractivity contribution in [2.24, 2.45) is 11.8 Å². The van der Waals surface area contributed by atoms with E-state index in [9.17, 15) is 14.7 Å². The van der Waals surface area contributed by atoms with Gasteiger partial charge in [0.1, 0.15) is 17.3 Å². The third kappa shape index (κ3) is 4.63. The van der Waals surface area contributed by atoms with Gasteiger partial charge < -0.3 is 9.84 Å². The first-order valence-electron chi connectivity index (χ1n) is 12.2. The number of Topliss-reactive ketones (excluding diaryl/α,β-unsaturated/α-hetero) is 1. The molecule has 1 N–H and O–H groups in total. The number of rotatable bonds is 6. The number of phenolic OH excluding ortho intramolecular Hbond substituents is 1. The molecule has 8 nitrogen and oxygen atoms in total. The summed E-state index contributed by atoms with van der Waals surface area (Å²) < 4.78 is 7.82. The molecule has 9 heteroatoms. The van der Waals surface area contributed by atoms with E-state index in [2.05, 4.69) is 15.1 Å². The number of cyclic esters (lactones) is 1. The van der Waals surface area contributed by atoms with Crippen molar-refractivity contribution >= 4 is 29.1 Å². The molecule has 1 saturated heterocycles. The highest BCUT2D eigenvalue weighted by molar-refractivity contribution is 6.32. The second-order valence-corrected chi connectivity index (χ2v) is 10.3. The highest BCUT2D eigenvalue weighted by Gasteiger charge is 2.51. The zero-order chi connectivity index (χ0) is 24.7. The minimum atomic E-state index is -0.911. The fourth-order valence-corrected chi connectivity index (χ4v) is 5.82. The second-order valence-electron chi connectivity index (χ2n) is 9.93. The van der Waals surface area contributed by atoms with Gasteiger partial charge in [-0.2, -0.15) is 4.98 Å². The summed E-state index contributed by atoms with van der Waals surface area (Å²) in [5.74, 6) is -0.452. The number of benzene rings is 1. The van der Waals surface area contributed by atoms with Crippen molar-refractivity contribution in [3.8, 4) is 5.75 Å². The first-order chi connectivity index (χ1) is 16.7. The molecule has 3 heterocycles. The Bertz CT molecular complexity index is 1280. The maximum atomic E-state index is 13.4. The van der Waals surface area contributed by atoms with E-state index in [4.69, 9.17) is 16.3 Å². The number of aromatic nitrogens is 4. The maximum Gasteiger partial charge on any atom is 0.317 e. The molecule has 1 aromatic carbocycles. The van der Waals surface area contributed by atoms with E-state index in [1.54, 1.807) is 16.6 Å². The molecule has 0 bridgehead atoms. The number of phenols is 1. The number of carbonyl (C=O) groups excluding carboxylic acids is 2. The molecule has 1 saturated carbocycles. The Morgan fingerprint density at radius 3 is 2.66 bits per heavy atom. The van der Waals surface area contributed by atoms with Gasteiger partial charge in [0.05, 0.1) is 5.02 Å². The Morgan fingerprint density at radius 1 is 1.17 bits per heavy atom. The van der Waals surface area contributed by atoms with Gasteiger partial charge in [-0.05, 0) is 69.2 Å². The van der Waals surface area contributed by atoms with Gasteiger partial charge in [-0.15, -0.1) is 5.10 Å². The van der Waals surface area contributed by atoms with Crippen molar-refractivity contribution in [3.05, 3.63) is 52.1 Å². The quantitative estimate of drug-likeness (QED) is 0.399. The van der Waals surface area contributed by atoms with Crippen molar-refractivity contribution < 1.29 is 19.4 Å². The molecule has 0 spiro atoms. The lowest BCUT2D eigenvalue weighted by atomic mass is 9.73. The van der Waals surface area contributed by atoms with Crippen LogP contribution in [0.2, 0.25) is 5.02 Å². The Morgan fingerprint density at radius 2 is 1.94 bits per heavy atom. The summed E-state index contributed by atoms with van der Waals surface area (Å²) in [6, 6.07) is 7.00. The van der Waals surface area contributed by atoms with Gasteiger partial charge in [0.25, 0.3) is 5.78 Å². The number of ether oxygens (including phenoxy) is 1. The predicted molar refractivity (Wildman–Crippen MR) is 129 cm³/mol. The maximum absolute atomic E-state index is 13.4. The lowest BCUT2D eigenvalue weighted by Gasteiger charge is -2.43. The predicted octanol–water partition coefficient (Wildman–Crippen LogP) is 4.34. The molecule has 1 aliphatic heterocycles. The smallest absolute Gasteiger partial charge is 0.317 e. The van der Waals surface area contributed by atoms with Gasteiger partial charge in [0.2, 0.25) is 0 Å². The number of hydrogen-bond donors (Lipinski definition) is 1. The number of fused-ring (bicyclic) bond motifs is 1. The van der Waals surface area contributed by atoms with E-state index in [0.717, 1.165) is 42.6 Å². The normalized spacial score (nSPS) is 23.2. The molecule has 0 radical (unpaired) electrons. The Labute approximate surface area is 208 Å². The molecule has 184 valence electrons. The summed E-state index contributed by atoms with van der Waals surface area (Å²) in [7, 11) is 0. The third-order valence-electron chi connectivity index (χ3n) is 7.45. The molecule has 35 heavy (non-hydrogen) atoms. The lowest BCUT2D eigenvalue weighted by molar-refractivity contribution is -0.185. The number of halogens is 1. The summed E-state index contributed by atoms with van der Waals surface area (Å²) >= 11 is 6.08. The largest absolute Gasteiger partial charge is 0.506 e. The van der Waals surface area contributed by atoms with E-state index >= 15 is 0 Å². The summed E-state index contributed by atoms with van der Waals surface area (Å²) in [6.07, 6.45) is 5.47. The van der Waals surface area contributed by atoms with Crippen molar-refractivity contribution in [1.82, 2.24) is 19.6 Å². The zero-order valence-corrected chi connectivity index (χ0v) is 20.7. The summed E-state index contributed by atoms with van der Waals surface area (Å²) in [6.45, 7) is 3.80. The molecular weight excluding hydrogens is 468 g/mol. The van der Waals surface area contributed by atoms with Crippen LogP contribution in [0.25, 0.3) is 5.78 Å². The Hall–Kier alpha value is -3.00. The molecule has 2 fully saturated rings. The fourth-order valence-electron chi connectivity index (χ4n) is 5.62. The number of esters is 1. The van der Waals surface area contributed by atoms with Gasteiger partial charge in [-0.1, -0.05) is 30.5 Å². The van der Waals surface area contributed by atoms with Gasteiger partial charge in [-0.25, -0.2) is 9.50 Å². The SMILES string of the molecule is Cc1cc(C)n2nc(CC3C(=O)CC(CCc4ccc(O)c(Cl)c4)(C4CCCC4)OC3=O)nc2n1. The molecule has 5 rings (SSSR count). The highest BCUT2D eigenvalue weighted by Crippen LogP contribution is 2.45. The van der Waals surface area contributed by atoms with Gasteiger partial charge in [0, 0.05) is 24.2 Å². The number of ketones is 1. The molecule has 2 aliphatic rings. The first-order valence-corrected chi connectivity index (χ1v) is 12.5. The van der Waals surface area contributed by atoms with E-state index in [1.807, 2.05) is 26.0 Å². The van der Waals surface area contributed by atoms with E-state index < -0.39 is 17.5 Å². The molecule has 2 aromatic heterocycles. The van der Waals surface area contributed by atoms with Crippen LogP contribution in [-0.4, -0.2) is 42.0 Å². The number of aryl methyl sites for hydroxylation is 3. The van der Waals surface area contributed by atoms with Gasteiger partial charge in [-0.3, -0.25) is 9.59 Å². The van der Waals surface area contributed by atoms with Crippen LogP contribution in [0.15, 0.2) is 24.3 Å². The third-order valence-corrected chi connectivity index (χ3v) is 7.75. The van der Waals surface area contributed by atoms with Crippen molar-refractivity contribution in [1.29, 1.82) is 0 Å². The monoisotopic (exact) mass is 496 g/mol. The van der Waals surface area contributed by atoms with Gasteiger partial charge >= 0.3 is 5.97 Å². The number of aromatic hydroxyl groups is 1. The fraction of sp³-hybridized carbons (Fsp3) is 0.500. The Kier molecular flexibility index (Phi) is 6.25. The van der Waals surface area contributed by atoms with Crippen LogP contribution in [0.4, 0.5) is 0 Å². The highest BCUT2D eigenvalue weighted by atomic mass is 35.5. The topological polar surface area (TPSA) is 107 Å². The minimum absolute atomic E-state index is 0.0316. The molecule has 1 aliphatic carbocycles. The molecule has 2 unspecified atom stereocenters. The van der Waals surface area contributed by atoms with Crippen molar-refractivity contribution in [3.63, 3.8) is 0 Å². The molecule has 2 atom stereocenters. The average Bonchev–Trinajstić information content (AvgIpc) is 3.48. The van der Waals surface area contributed by atoms with Crippen molar-refractivity contribution in [2.75, 3.05) is 0 Å². The lowest BCUT2D eigenvalue weighted by Crippen LogP contribution is -2.52. The molecule has 3 aromatic rings. The van der Waals surface area contributed by atoms with E-state index in [0.29, 0.717) is 24.4 Å². The summed E-state index contributed by atoms with van der Waals surface area (Å²) in [5.41, 5.74) is 1.84. The standard InChI is InChI=1S/C26H29ClN4O4/c1-15-11-16(2)31-25(28-15)29-23(30-31)13-19-22(33)14-26(35-24(19)34,18-5-3-4-6-18)10-9-17-7-8-21(32)20(27)12-17/h7-8,11-12,18-19,32H,3-6,9-10,13-14H2,1-2H3. The van der Waals surface area contributed by atoms with Crippen LogP contribution in [0.3, 0.4) is 0 Å². The van der Waals surface area contributed by atoms with Crippen LogP contribution < -0.4 is 0 Å². The van der Waals surface area contributed by atoms with Crippen LogP contribution in [0.5, 0.6) is 5.75 Å². The second kappa shape index (κ2) is 9.22. The van der Waals surface area contributed by atoms with E-state index in [1.165, 1.54) is 0 Å². The molecular formula is C26H29ClN4O4. The van der Waals surface area contributed by atoms with Crippen LogP contribution in [-0.2, 0) is 27.2 Å². The van der Waals surface area contributed by atoms with Crippen LogP contribution in [0.1, 0.15) is 61.3 Å². The van der Waals surface area contributed by atoms with E-state index in [-0.39, 0.29) is 35.3 Å². The first kappa shape index (κ1) is 23.7.